The molecule has 63 heavy (non-hydrogen) atoms. The Morgan fingerprint density at radius 2 is 0.921 bits per heavy atom. The fourth-order valence-corrected chi connectivity index (χ4v) is 6.48. The third kappa shape index (κ3) is 22.6. The number of nitrogens with one attached hydrogen (secondary N) is 8. The lowest BCUT2D eigenvalue weighted by atomic mass is 9.99. The third-order valence-electron chi connectivity index (χ3n) is 9.57. The minimum atomic E-state index is -1.59. The van der Waals surface area contributed by atoms with Crippen LogP contribution in [0.15, 0.2) is 0 Å². The van der Waals surface area contributed by atoms with Crippen molar-refractivity contribution in [2.75, 3.05) is 18.6 Å². The average molecular weight is 918 g/mol. The van der Waals surface area contributed by atoms with Crippen LogP contribution >= 0.6 is 11.8 Å². The highest BCUT2D eigenvalue weighted by atomic mass is 32.2. The molecule has 0 rings (SSSR count). The van der Waals surface area contributed by atoms with E-state index in [9.17, 15) is 58.5 Å². The summed E-state index contributed by atoms with van der Waals surface area (Å²) >= 11 is 1.38. The van der Waals surface area contributed by atoms with Crippen LogP contribution in [-0.2, 0) is 43.2 Å². The number of aliphatic hydroxyl groups excluding tert-OH is 2. The minimum absolute atomic E-state index is 0.0451. The van der Waals surface area contributed by atoms with Gasteiger partial charge in [0.2, 0.25) is 47.3 Å². The van der Waals surface area contributed by atoms with Crippen LogP contribution in [0, 0.1) is 23.7 Å². The Bertz CT molecular complexity index is 1550. The van der Waals surface area contributed by atoms with Crippen molar-refractivity contribution in [2.45, 2.75) is 162 Å². The summed E-state index contributed by atoms with van der Waals surface area (Å²) in [4.78, 5) is 117. The molecule has 0 saturated heterocycles. The van der Waals surface area contributed by atoms with E-state index >= 15 is 0 Å². The normalized spacial score (nSPS) is 16.2. The maximum Gasteiger partial charge on any atom is 0.326 e. The van der Waals surface area contributed by atoms with Gasteiger partial charge in [-0.3, -0.25) is 38.4 Å². The predicted octanol–water partition coefficient (Wildman–Crippen LogP) is -1.76. The van der Waals surface area contributed by atoms with Gasteiger partial charge in [-0.15, -0.1) is 0 Å². The summed E-state index contributed by atoms with van der Waals surface area (Å²) in [5.74, 6) is -7.89. The highest BCUT2D eigenvalue weighted by Crippen LogP contribution is 2.12. The highest BCUT2D eigenvalue weighted by Gasteiger charge is 2.35. The maximum atomic E-state index is 13.7. The van der Waals surface area contributed by atoms with Crippen molar-refractivity contribution in [3.05, 3.63) is 0 Å². The third-order valence-corrected chi connectivity index (χ3v) is 10.2. The number of carboxylic acid groups (broad SMARTS) is 1. The van der Waals surface area contributed by atoms with E-state index in [2.05, 4.69) is 42.5 Å². The highest BCUT2D eigenvalue weighted by molar-refractivity contribution is 7.98. The van der Waals surface area contributed by atoms with Crippen LogP contribution in [0.25, 0.3) is 0 Å². The van der Waals surface area contributed by atoms with Crippen molar-refractivity contribution in [1.29, 1.82) is 0 Å². The second kappa shape index (κ2) is 29.0. The van der Waals surface area contributed by atoms with Crippen molar-refractivity contribution in [3.63, 3.8) is 0 Å². The van der Waals surface area contributed by atoms with E-state index in [4.69, 9.17) is 5.73 Å². The average Bonchev–Trinajstić information content (AvgIpc) is 3.16. The van der Waals surface area contributed by atoms with Gasteiger partial charge in [-0.1, -0.05) is 55.4 Å². The Morgan fingerprint density at radius 3 is 1.35 bits per heavy atom. The smallest absolute Gasteiger partial charge is 0.326 e. The Balaban J connectivity index is 5.94. The van der Waals surface area contributed by atoms with E-state index < -0.39 is 126 Å². The number of rotatable bonds is 29. The molecule has 13 N–H and O–H groups in total. The van der Waals surface area contributed by atoms with Crippen LogP contribution in [0.3, 0.4) is 0 Å². The minimum Gasteiger partial charge on any atom is -0.480 e. The zero-order valence-electron chi connectivity index (χ0n) is 38.8. The molecule has 22 heteroatoms. The predicted molar refractivity (Wildman–Crippen MR) is 237 cm³/mol. The van der Waals surface area contributed by atoms with Gasteiger partial charge in [0.1, 0.15) is 48.3 Å². The molecule has 0 aromatic carbocycles. The van der Waals surface area contributed by atoms with Crippen LogP contribution in [0.1, 0.15) is 102 Å². The number of carbonyl (C=O) groups excluding carboxylic acids is 8. The topological polar surface area (TPSA) is 337 Å². The number of carboxylic acids is 1. The first-order valence-electron chi connectivity index (χ1n) is 21.4. The molecule has 0 bridgehead atoms. The standard InChI is InChI=1S/C41H75N9O12S/c1-19(2)15-27(45-30(53)18-43-34(54)23(9)44-36(56)28(16-20(3)4)48-39(59)31(42)24(10)51)37(57)47-29(17-21(5)6)38(58)50-33(25(11)52)40(60)46-26(13-14-63-12)35(55)49-32(22(7)8)41(61)62/h19-29,31-33,51-52H,13-18,42H2,1-12H3,(H,43,54)(H,44,56)(H,45,53)(H,46,60)(H,47,57)(H,48,59)(H,49,55)(H,50,58)(H,61,62)/t23-,24+,25+,26-,27-,28-,29-,31-,32-,33-/m0/s1. The molecule has 0 heterocycles. The molecule has 0 aliphatic rings. The lowest BCUT2D eigenvalue weighted by Crippen LogP contribution is -2.61. The van der Waals surface area contributed by atoms with Crippen molar-refractivity contribution < 1.29 is 58.5 Å². The number of hydrogen-bond acceptors (Lipinski definition) is 13. The molecule has 0 unspecified atom stereocenters. The number of nitrogens with two attached hydrogens (primary N) is 1. The first-order valence-corrected chi connectivity index (χ1v) is 22.7. The molecule has 362 valence electrons. The molecule has 0 fully saturated rings. The number of carbonyl (C=O) groups is 9. The van der Waals surface area contributed by atoms with E-state index in [1.807, 2.05) is 13.8 Å². The SMILES string of the molecule is CSCC[C@H](NC(=O)[C@@H](NC(=O)[C@H](CC(C)C)NC(=O)[C@H](CC(C)C)NC(=O)CNC(=O)[C@H](C)NC(=O)[C@H](CC(C)C)NC(=O)[C@@H](N)[C@@H](C)O)[C@@H](C)O)C(=O)N[C@H](C(=O)O)C(C)C. The van der Waals surface area contributed by atoms with Gasteiger partial charge in [0.15, 0.2) is 0 Å². The van der Waals surface area contributed by atoms with E-state index in [0.717, 1.165) is 0 Å². The molecule has 0 radical (unpaired) electrons. The Kier molecular flexibility index (Phi) is 26.9. The van der Waals surface area contributed by atoms with Crippen LogP contribution < -0.4 is 48.3 Å². The van der Waals surface area contributed by atoms with E-state index in [0.29, 0.717) is 5.75 Å². The van der Waals surface area contributed by atoms with Crippen molar-refractivity contribution in [2.24, 2.45) is 29.4 Å². The first kappa shape index (κ1) is 58.5. The molecular weight excluding hydrogens is 843 g/mol. The quantitative estimate of drug-likeness (QED) is 0.0396. The molecule has 0 saturated carbocycles. The molecular formula is C41H75N9O12S. The lowest BCUT2D eigenvalue weighted by Gasteiger charge is -2.29. The lowest BCUT2D eigenvalue weighted by molar-refractivity contribution is -0.143. The molecule has 21 nitrogen and oxygen atoms in total. The summed E-state index contributed by atoms with van der Waals surface area (Å²) in [5, 5.41) is 49.9. The van der Waals surface area contributed by atoms with Crippen molar-refractivity contribution in [1.82, 2.24) is 42.5 Å². The molecule has 0 aromatic heterocycles. The Labute approximate surface area is 375 Å². The van der Waals surface area contributed by atoms with Crippen LogP contribution in [0.5, 0.6) is 0 Å². The van der Waals surface area contributed by atoms with Gasteiger partial charge >= 0.3 is 5.97 Å². The van der Waals surface area contributed by atoms with Crippen molar-refractivity contribution in [3.8, 4) is 0 Å². The van der Waals surface area contributed by atoms with Crippen LogP contribution in [-0.4, -0.2) is 148 Å². The van der Waals surface area contributed by atoms with Crippen LogP contribution in [0.2, 0.25) is 0 Å². The van der Waals surface area contributed by atoms with Crippen molar-refractivity contribution >= 4 is 65.0 Å². The van der Waals surface area contributed by atoms with E-state index in [-0.39, 0.29) is 43.4 Å². The maximum absolute atomic E-state index is 13.7. The van der Waals surface area contributed by atoms with E-state index in [1.165, 1.54) is 32.5 Å². The summed E-state index contributed by atoms with van der Waals surface area (Å²) in [6.07, 6.45) is -0.360. The van der Waals surface area contributed by atoms with Gasteiger partial charge in [-0.25, -0.2) is 4.79 Å². The fraction of sp³-hybridized carbons (Fsp3) is 0.780. The molecule has 10 atom stereocenters. The number of aliphatic hydroxyl groups is 2. The van der Waals surface area contributed by atoms with Gasteiger partial charge in [0.05, 0.1) is 18.8 Å². The number of thioether (sulfide) groups is 1. The molecule has 0 aliphatic heterocycles. The molecule has 0 spiro atoms. The molecule has 0 aromatic rings. The summed E-state index contributed by atoms with van der Waals surface area (Å²) < 4.78 is 0. The van der Waals surface area contributed by atoms with Gasteiger partial charge in [0.25, 0.3) is 0 Å². The second-order valence-corrected chi connectivity index (χ2v) is 18.5. The number of hydrogen-bond donors (Lipinski definition) is 12. The monoisotopic (exact) mass is 918 g/mol. The summed E-state index contributed by atoms with van der Waals surface area (Å²) in [6, 6.07) is -9.98. The van der Waals surface area contributed by atoms with Gasteiger partial charge in [-0.05, 0) is 82.1 Å². The second-order valence-electron chi connectivity index (χ2n) is 17.5. The van der Waals surface area contributed by atoms with E-state index in [1.54, 1.807) is 47.8 Å². The Morgan fingerprint density at radius 1 is 0.508 bits per heavy atom. The zero-order valence-corrected chi connectivity index (χ0v) is 39.6. The molecule has 0 aliphatic carbocycles. The molecule has 8 amide bonds. The fourth-order valence-electron chi connectivity index (χ4n) is 6.01. The van der Waals surface area contributed by atoms with Gasteiger partial charge in [-0.2, -0.15) is 11.8 Å². The van der Waals surface area contributed by atoms with Crippen LogP contribution in [0.4, 0.5) is 0 Å². The Hall–Kier alpha value is -4.54. The zero-order chi connectivity index (χ0) is 48.9. The summed E-state index contributed by atoms with van der Waals surface area (Å²) in [7, 11) is 0. The number of aliphatic carboxylic acids is 1. The van der Waals surface area contributed by atoms with Gasteiger partial charge < -0.3 is 63.6 Å². The van der Waals surface area contributed by atoms with Gasteiger partial charge in [0, 0.05) is 0 Å². The summed E-state index contributed by atoms with van der Waals surface area (Å²) in [6.45, 7) is 17.4. The first-order chi connectivity index (χ1) is 29.1. The number of amides is 8. The largest absolute Gasteiger partial charge is 0.480 e. The summed E-state index contributed by atoms with van der Waals surface area (Å²) in [5.41, 5.74) is 5.70.